The molecule has 4 rings (SSSR count). The second kappa shape index (κ2) is 6.44. The Morgan fingerprint density at radius 2 is 1.92 bits per heavy atom. The van der Waals surface area contributed by atoms with Gasteiger partial charge < -0.3 is 10.1 Å². The average Bonchev–Trinajstić information content (AvgIpc) is 3.15. The van der Waals surface area contributed by atoms with Crippen LogP contribution in [-0.4, -0.2) is 15.9 Å². The van der Waals surface area contributed by atoms with Crippen LogP contribution in [0.2, 0.25) is 5.02 Å². The molecule has 0 fully saturated rings. The molecule has 2 heterocycles. The van der Waals surface area contributed by atoms with E-state index in [1.165, 1.54) is 11.3 Å². The zero-order valence-corrected chi connectivity index (χ0v) is 14.9. The number of thiophene rings is 1. The third kappa shape index (κ3) is 2.81. The molecule has 0 atom stereocenters. The molecule has 0 spiro atoms. The summed E-state index contributed by atoms with van der Waals surface area (Å²) in [4.78, 5) is 27.8. The van der Waals surface area contributed by atoms with Gasteiger partial charge in [-0.1, -0.05) is 29.8 Å². The van der Waals surface area contributed by atoms with Crippen molar-refractivity contribution >= 4 is 39.6 Å². The topological polar surface area (TPSA) is 70.2 Å². The Kier molecular flexibility index (Phi) is 4.11. The number of hydrogen-bond donors (Lipinski definition) is 2. The summed E-state index contributed by atoms with van der Waals surface area (Å²) in [6, 6.07) is 13.3. The molecule has 0 unspecified atom stereocenters. The van der Waals surface area contributed by atoms with E-state index < -0.39 is 5.56 Å². The molecule has 2 aromatic heterocycles. The van der Waals surface area contributed by atoms with Crippen LogP contribution in [0.4, 0.5) is 0 Å². The van der Waals surface area contributed by atoms with Gasteiger partial charge in [-0.05, 0) is 41.3 Å². The van der Waals surface area contributed by atoms with Gasteiger partial charge in [0, 0.05) is 26.9 Å². The number of fused-ring (bicyclic) bond motifs is 1. The van der Waals surface area contributed by atoms with E-state index in [1.54, 1.807) is 53.9 Å². The number of halogens is 1. The SMILES string of the molecule is O=C(c1ccsc1)c1cccc(-c2c(O)c3ccc(Cl)cc3[nH]c2=O)c1. The van der Waals surface area contributed by atoms with E-state index in [0.29, 0.717) is 32.6 Å². The Bertz CT molecular complexity index is 1200. The Morgan fingerprint density at radius 1 is 1.08 bits per heavy atom. The first-order chi connectivity index (χ1) is 12.5. The minimum absolute atomic E-state index is 0.125. The minimum atomic E-state index is -0.447. The molecule has 0 saturated heterocycles. The Balaban J connectivity index is 1.88. The van der Waals surface area contributed by atoms with Crippen molar-refractivity contribution in [1.29, 1.82) is 0 Å². The molecule has 26 heavy (non-hydrogen) atoms. The Morgan fingerprint density at radius 3 is 2.69 bits per heavy atom. The van der Waals surface area contributed by atoms with Crippen LogP contribution in [0.15, 0.2) is 64.1 Å². The standard InChI is InChI=1S/C20H12ClNO3S/c21-14-4-5-15-16(9-14)22-20(25)17(19(15)24)11-2-1-3-12(8-11)18(23)13-6-7-26-10-13/h1-10H,(H2,22,24,25). The Hall–Kier alpha value is -2.89. The monoisotopic (exact) mass is 381 g/mol. The van der Waals surface area contributed by atoms with Crippen molar-refractivity contribution < 1.29 is 9.90 Å². The third-order valence-corrected chi connectivity index (χ3v) is 5.06. The zero-order chi connectivity index (χ0) is 18.3. The lowest BCUT2D eigenvalue weighted by molar-refractivity contribution is 0.103. The van der Waals surface area contributed by atoms with Crippen LogP contribution >= 0.6 is 22.9 Å². The normalized spacial score (nSPS) is 11.0. The summed E-state index contributed by atoms with van der Waals surface area (Å²) in [6.07, 6.45) is 0. The van der Waals surface area contributed by atoms with E-state index in [9.17, 15) is 14.7 Å². The number of aromatic amines is 1. The summed E-state index contributed by atoms with van der Waals surface area (Å²) >= 11 is 7.39. The van der Waals surface area contributed by atoms with E-state index in [4.69, 9.17) is 11.6 Å². The minimum Gasteiger partial charge on any atom is -0.506 e. The van der Waals surface area contributed by atoms with Gasteiger partial charge in [-0.2, -0.15) is 11.3 Å². The van der Waals surface area contributed by atoms with Crippen LogP contribution in [0, 0.1) is 0 Å². The van der Waals surface area contributed by atoms with Gasteiger partial charge in [0.2, 0.25) is 0 Å². The molecule has 128 valence electrons. The lowest BCUT2D eigenvalue weighted by atomic mass is 9.98. The van der Waals surface area contributed by atoms with Gasteiger partial charge in [0.15, 0.2) is 5.78 Å². The number of carbonyl (C=O) groups excluding carboxylic acids is 1. The molecule has 0 aliphatic rings. The molecule has 0 aliphatic heterocycles. The zero-order valence-electron chi connectivity index (χ0n) is 13.3. The Labute approximate surface area is 157 Å². The molecular formula is C20H12ClNO3S. The highest BCUT2D eigenvalue weighted by Gasteiger charge is 2.16. The van der Waals surface area contributed by atoms with E-state index in [2.05, 4.69) is 4.98 Å². The van der Waals surface area contributed by atoms with Crippen molar-refractivity contribution in [3.8, 4) is 16.9 Å². The third-order valence-electron chi connectivity index (χ3n) is 4.15. The maximum atomic E-state index is 12.6. The van der Waals surface area contributed by atoms with E-state index in [1.807, 2.05) is 5.38 Å². The van der Waals surface area contributed by atoms with E-state index in [-0.39, 0.29) is 17.1 Å². The summed E-state index contributed by atoms with van der Waals surface area (Å²) in [5, 5.41) is 15.2. The first-order valence-corrected chi connectivity index (χ1v) is 9.08. The molecule has 0 bridgehead atoms. The maximum absolute atomic E-state index is 12.6. The predicted octanol–water partition coefficient (Wildman–Crippen LogP) is 4.85. The smallest absolute Gasteiger partial charge is 0.260 e. The fourth-order valence-electron chi connectivity index (χ4n) is 2.90. The molecule has 4 nitrogen and oxygen atoms in total. The molecule has 2 aromatic carbocycles. The van der Waals surface area contributed by atoms with Crippen molar-refractivity contribution in [3.05, 3.63) is 85.8 Å². The van der Waals surface area contributed by atoms with Crippen molar-refractivity contribution in [2.75, 3.05) is 0 Å². The molecule has 6 heteroatoms. The van der Waals surface area contributed by atoms with Gasteiger partial charge in [-0.15, -0.1) is 0 Å². The van der Waals surface area contributed by atoms with E-state index >= 15 is 0 Å². The first kappa shape index (κ1) is 16.6. The van der Waals surface area contributed by atoms with Gasteiger partial charge in [0.1, 0.15) is 5.75 Å². The van der Waals surface area contributed by atoms with Crippen LogP contribution in [0.3, 0.4) is 0 Å². The number of ketones is 1. The number of hydrogen-bond acceptors (Lipinski definition) is 4. The summed E-state index contributed by atoms with van der Waals surface area (Å²) in [5.74, 6) is -0.267. The summed E-state index contributed by atoms with van der Waals surface area (Å²) in [7, 11) is 0. The molecule has 0 radical (unpaired) electrons. The maximum Gasteiger partial charge on any atom is 0.260 e. The van der Waals surface area contributed by atoms with Gasteiger partial charge in [-0.3, -0.25) is 9.59 Å². The van der Waals surface area contributed by atoms with Crippen molar-refractivity contribution in [3.63, 3.8) is 0 Å². The number of benzene rings is 2. The van der Waals surface area contributed by atoms with Gasteiger partial charge in [-0.25, -0.2) is 0 Å². The van der Waals surface area contributed by atoms with Gasteiger partial charge in [0.25, 0.3) is 5.56 Å². The average molecular weight is 382 g/mol. The molecule has 0 aliphatic carbocycles. The van der Waals surface area contributed by atoms with Crippen molar-refractivity contribution in [1.82, 2.24) is 4.98 Å². The fourth-order valence-corrected chi connectivity index (χ4v) is 3.71. The highest BCUT2D eigenvalue weighted by atomic mass is 35.5. The predicted molar refractivity (Wildman–Crippen MR) is 104 cm³/mol. The van der Waals surface area contributed by atoms with Crippen molar-refractivity contribution in [2.24, 2.45) is 0 Å². The van der Waals surface area contributed by atoms with Crippen LogP contribution in [-0.2, 0) is 0 Å². The van der Waals surface area contributed by atoms with Crippen LogP contribution < -0.4 is 5.56 Å². The number of aromatic nitrogens is 1. The summed E-state index contributed by atoms with van der Waals surface area (Å²) < 4.78 is 0. The fraction of sp³-hybridized carbons (Fsp3) is 0. The van der Waals surface area contributed by atoms with E-state index in [0.717, 1.165) is 0 Å². The number of pyridine rings is 1. The number of aromatic hydroxyl groups is 1. The molecule has 2 N–H and O–H groups in total. The quantitative estimate of drug-likeness (QED) is 0.498. The van der Waals surface area contributed by atoms with Crippen LogP contribution in [0.5, 0.6) is 5.75 Å². The van der Waals surface area contributed by atoms with Crippen LogP contribution in [0.25, 0.3) is 22.0 Å². The molecule has 0 amide bonds. The lowest BCUT2D eigenvalue weighted by Gasteiger charge is -2.09. The van der Waals surface area contributed by atoms with Crippen LogP contribution in [0.1, 0.15) is 15.9 Å². The molecule has 0 saturated carbocycles. The number of nitrogens with one attached hydrogen (secondary N) is 1. The highest BCUT2D eigenvalue weighted by Crippen LogP contribution is 2.33. The second-order valence-corrected chi connectivity index (χ2v) is 7.01. The molecular weight excluding hydrogens is 370 g/mol. The lowest BCUT2D eigenvalue weighted by Crippen LogP contribution is -2.10. The summed E-state index contributed by atoms with van der Waals surface area (Å²) in [6.45, 7) is 0. The second-order valence-electron chi connectivity index (χ2n) is 5.79. The summed E-state index contributed by atoms with van der Waals surface area (Å²) in [5.41, 5.74) is 1.66. The first-order valence-electron chi connectivity index (χ1n) is 7.76. The number of H-pyrrole nitrogens is 1. The van der Waals surface area contributed by atoms with Gasteiger partial charge in [0.05, 0.1) is 11.1 Å². The number of carbonyl (C=O) groups is 1. The number of rotatable bonds is 3. The molecule has 4 aromatic rings. The largest absolute Gasteiger partial charge is 0.506 e. The highest BCUT2D eigenvalue weighted by molar-refractivity contribution is 7.08. The van der Waals surface area contributed by atoms with Crippen molar-refractivity contribution in [2.45, 2.75) is 0 Å². The van der Waals surface area contributed by atoms with Gasteiger partial charge >= 0.3 is 0 Å².